The van der Waals surface area contributed by atoms with E-state index in [0.29, 0.717) is 6.04 Å². The lowest BCUT2D eigenvalue weighted by Crippen LogP contribution is -2.39. The lowest BCUT2D eigenvalue weighted by molar-refractivity contribution is 0.765. The van der Waals surface area contributed by atoms with Crippen molar-refractivity contribution in [3.8, 4) is 0 Å². The summed E-state index contributed by atoms with van der Waals surface area (Å²) in [4.78, 5) is 6.04. The summed E-state index contributed by atoms with van der Waals surface area (Å²) in [6.45, 7) is 8.13. The highest BCUT2D eigenvalue weighted by atomic mass is 32.2. The predicted molar refractivity (Wildman–Crippen MR) is 88.5 cm³/mol. The topological polar surface area (TPSA) is 36.4 Å². The Morgan fingerprint density at radius 1 is 1.45 bits per heavy atom. The van der Waals surface area contributed by atoms with Crippen LogP contribution in [0.15, 0.2) is 28.1 Å². The van der Waals surface area contributed by atoms with Crippen LogP contribution in [0.1, 0.15) is 31.4 Å². The molecule has 110 valence electrons. The largest absolute Gasteiger partial charge is 0.357 e. The second-order valence-electron chi connectivity index (χ2n) is 5.47. The van der Waals surface area contributed by atoms with Crippen molar-refractivity contribution in [1.82, 2.24) is 10.6 Å². The average molecular weight is 291 g/mol. The van der Waals surface area contributed by atoms with E-state index < -0.39 is 0 Å². The first-order chi connectivity index (χ1) is 9.63. The van der Waals surface area contributed by atoms with Gasteiger partial charge in [-0.15, -0.1) is 11.8 Å². The van der Waals surface area contributed by atoms with Gasteiger partial charge in [0.1, 0.15) is 0 Å². The second kappa shape index (κ2) is 7.02. The van der Waals surface area contributed by atoms with E-state index in [4.69, 9.17) is 4.99 Å². The summed E-state index contributed by atoms with van der Waals surface area (Å²) in [6.07, 6.45) is 3.38. The number of guanidine groups is 1. The van der Waals surface area contributed by atoms with Crippen molar-refractivity contribution in [3.63, 3.8) is 0 Å². The Morgan fingerprint density at radius 3 is 2.80 bits per heavy atom. The van der Waals surface area contributed by atoms with Crippen molar-refractivity contribution in [1.29, 1.82) is 0 Å². The fourth-order valence-electron chi connectivity index (χ4n) is 2.17. The van der Waals surface area contributed by atoms with E-state index in [-0.39, 0.29) is 0 Å². The maximum atomic E-state index is 4.72. The molecule has 0 aliphatic heterocycles. The number of hydrogen-bond acceptors (Lipinski definition) is 2. The molecule has 1 saturated carbocycles. The van der Waals surface area contributed by atoms with E-state index >= 15 is 0 Å². The van der Waals surface area contributed by atoms with Crippen molar-refractivity contribution in [3.05, 3.63) is 29.3 Å². The number of aryl methyl sites for hydroxylation is 1. The molecule has 2 rings (SSSR count). The third kappa shape index (κ3) is 4.17. The van der Waals surface area contributed by atoms with Crippen molar-refractivity contribution in [2.75, 3.05) is 12.8 Å². The number of thioether (sulfide) groups is 1. The van der Waals surface area contributed by atoms with Gasteiger partial charge in [0.2, 0.25) is 0 Å². The average Bonchev–Trinajstić information content (AvgIpc) is 3.12. The summed E-state index contributed by atoms with van der Waals surface area (Å²) in [7, 11) is 0. The molecule has 20 heavy (non-hydrogen) atoms. The molecular weight excluding hydrogens is 266 g/mol. The molecule has 1 aliphatic carbocycles. The monoisotopic (exact) mass is 291 g/mol. The first-order valence-electron chi connectivity index (χ1n) is 7.32. The molecule has 0 spiro atoms. The highest BCUT2D eigenvalue weighted by molar-refractivity contribution is 7.98. The first kappa shape index (κ1) is 15.2. The van der Waals surface area contributed by atoms with E-state index in [0.717, 1.165) is 25.0 Å². The van der Waals surface area contributed by atoms with E-state index in [2.05, 4.69) is 55.9 Å². The molecule has 1 aromatic rings. The summed E-state index contributed by atoms with van der Waals surface area (Å²) >= 11 is 1.79. The Morgan fingerprint density at radius 2 is 2.20 bits per heavy atom. The summed E-state index contributed by atoms with van der Waals surface area (Å²) < 4.78 is 0. The maximum absolute atomic E-state index is 4.72. The highest BCUT2D eigenvalue weighted by Gasteiger charge is 2.33. The van der Waals surface area contributed by atoms with Crippen LogP contribution in [0.2, 0.25) is 0 Å². The Balaban J connectivity index is 2.04. The van der Waals surface area contributed by atoms with Crippen LogP contribution in [0, 0.1) is 12.8 Å². The zero-order valence-corrected chi connectivity index (χ0v) is 13.7. The number of rotatable bonds is 5. The molecule has 4 heteroatoms. The van der Waals surface area contributed by atoms with Gasteiger partial charge in [0.25, 0.3) is 0 Å². The minimum Gasteiger partial charge on any atom is -0.357 e. The molecule has 0 amide bonds. The molecule has 1 aliphatic rings. The van der Waals surface area contributed by atoms with E-state index in [1.807, 2.05) is 0 Å². The molecule has 0 heterocycles. The van der Waals surface area contributed by atoms with Crippen molar-refractivity contribution >= 4 is 17.7 Å². The van der Waals surface area contributed by atoms with Crippen LogP contribution in [0.25, 0.3) is 0 Å². The molecule has 1 fully saturated rings. The van der Waals surface area contributed by atoms with E-state index in [1.165, 1.54) is 22.4 Å². The molecular formula is C16H25N3S. The molecule has 0 aromatic heterocycles. The number of hydrogen-bond donors (Lipinski definition) is 2. The van der Waals surface area contributed by atoms with Gasteiger partial charge in [-0.1, -0.05) is 19.1 Å². The number of aliphatic imine (C=N–C) groups is 1. The third-order valence-electron chi connectivity index (χ3n) is 3.63. The SMILES string of the molecule is CCNC(=NCc1ccc(C)cc1SC)NC1CC1C. The lowest BCUT2D eigenvalue weighted by atomic mass is 10.1. The van der Waals surface area contributed by atoms with Gasteiger partial charge < -0.3 is 10.6 Å². The van der Waals surface area contributed by atoms with Crippen molar-refractivity contribution in [2.45, 2.75) is 44.7 Å². The van der Waals surface area contributed by atoms with Crippen molar-refractivity contribution in [2.24, 2.45) is 10.9 Å². The van der Waals surface area contributed by atoms with Crippen LogP contribution < -0.4 is 10.6 Å². The smallest absolute Gasteiger partial charge is 0.191 e. The molecule has 2 unspecified atom stereocenters. The Labute approximate surface area is 126 Å². The van der Waals surface area contributed by atoms with Gasteiger partial charge in [-0.05, 0) is 49.6 Å². The zero-order valence-electron chi connectivity index (χ0n) is 12.9. The number of nitrogens with one attached hydrogen (secondary N) is 2. The number of nitrogens with zero attached hydrogens (tertiary/aromatic N) is 1. The minimum absolute atomic E-state index is 0.603. The molecule has 0 bridgehead atoms. The van der Waals surface area contributed by atoms with Crippen LogP contribution in [-0.4, -0.2) is 24.8 Å². The van der Waals surface area contributed by atoms with Gasteiger partial charge in [0, 0.05) is 17.5 Å². The van der Waals surface area contributed by atoms with Gasteiger partial charge in [0.05, 0.1) is 6.54 Å². The van der Waals surface area contributed by atoms with Crippen LogP contribution in [-0.2, 0) is 6.54 Å². The van der Waals surface area contributed by atoms with Crippen LogP contribution in [0.5, 0.6) is 0 Å². The minimum atomic E-state index is 0.603. The van der Waals surface area contributed by atoms with E-state index in [1.54, 1.807) is 11.8 Å². The second-order valence-corrected chi connectivity index (χ2v) is 6.32. The van der Waals surface area contributed by atoms with Gasteiger partial charge in [0.15, 0.2) is 5.96 Å². The van der Waals surface area contributed by atoms with E-state index in [9.17, 15) is 0 Å². The Bertz CT molecular complexity index is 485. The molecule has 2 atom stereocenters. The Hall–Kier alpha value is -1.16. The molecule has 1 aromatic carbocycles. The van der Waals surface area contributed by atoms with Gasteiger partial charge >= 0.3 is 0 Å². The first-order valence-corrected chi connectivity index (χ1v) is 8.55. The lowest BCUT2D eigenvalue weighted by Gasteiger charge is -2.12. The quantitative estimate of drug-likeness (QED) is 0.497. The van der Waals surface area contributed by atoms with Crippen molar-refractivity contribution < 1.29 is 0 Å². The fourth-order valence-corrected chi connectivity index (χ4v) is 2.86. The molecule has 3 nitrogen and oxygen atoms in total. The number of benzene rings is 1. The molecule has 2 N–H and O–H groups in total. The van der Waals surface area contributed by atoms with Crippen LogP contribution in [0.4, 0.5) is 0 Å². The van der Waals surface area contributed by atoms with Crippen LogP contribution in [0.3, 0.4) is 0 Å². The summed E-state index contributed by atoms with van der Waals surface area (Å²) in [5.41, 5.74) is 2.60. The highest BCUT2D eigenvalue weighted by Crippen LogP contribution is 2.28. The zero-order chi connectivity index (χ0) is 14.5. The van der Waals surface area contributed by atoms with Gasteiger partial charge in [-0.25, -0.2) is 4.99 Å². The molecule has 0 saturated heterocycles. The summed E-state index contributed by atoms with van der Waals surface area (Å²) in [5, 5.41) is 6.82. The summed E-state index contributed by atoms with van der Waals surface area (Å²) in [6, 6.07) is 7.19. The Kier molecular flexibility index (Phi) is 5.35. The predicted octanol–water partition coefficient (Wildman–Crippen LogP) is 3.18. The summed E-state index contributed by atoms with van der Waals surface area (Å²) in [5.74, 6) is 1.72. The van der Waals surface area contributed by atoms with Gasteiger partial charge in [-0.3, -0.25) is 0 Å². The third-order valence-corrected chi connectivity index (χ3v) is 4.45. The van der Waals surface area contributed by atoms with Crippen LogP contribution >= 0.6 is 11.8 Å². The maximum Gasteiger partial charge on any atom is 0.191 e. The molecule has 0 radical (unpaired) electrons. The fraction of sp³-hybridized carbons (Fsp3) is 0.562. The van der Waals surface area contributed by atoms with Gasteiger partial charge in [-0.2, -0.15) is 0 Å². The normalized spacial score (nSPS) is 21.7. The standard InChI is InChI=1S/C16H25N3S/c1-5-17-16(19-14-9-12(14)3)18-10-13-7-6-11(2)8-15(13)20-4/h6-8,12,14H,5,9-10H2,1-4H3,(H2,17,18,19).